The Labute approximate surface area is 115 Å². The van der Waals surface area contributed by atoms with Gasteiger partial charge in [0.25, 0.3) is 0 Å². The Bertz CT molecular complexity index is 434. The molecular formula is C16H22N2O. The number of terminal acetylenes is 1. The Morgan fingerprint density at radius 2 is 1.89 bits per heavy atom. The van der Waals surface area contributed by atoms with Crippen molar-refractivity contribution < 1.29 is 4.79 Å². The van der Waals surface area contributed by atoms with Crippen LogP contribution in [0, 0.1) is 18.3 Å². The average molecular weight is 258 g/mol. The normalized spacial score (nSPS) is 13.6. The first-order chi connectivity index (χ1) is 9.06. The maximum atomic E-state index is 11.8. The fourth-order valence-electron chi connectivity index (χ4n) is 1.97. The van der Waals surface area contributed by atoms with Crippen molar-refractivity contribution in [1.82, 2.24) is 10.6 Å². The van der Waals surface area contributed by atoms with Crippen LogP contribution in [0.15, 0.2) is 30.3 Å². The first kappa shape index (κ1) is 15.3. The molecule has 0 radical (unpaired) electrons. The van der Waals surface area contributed by atoms with Gasteiger partial charge in [-0.3, -0.25) is 10.1 Å². The molecule has 0 aromatic heterocycles. The molecule has 1 aromatic rings. The van der Waals surface area contributed by atoms with Crippen LogP contribution in [0.5, 0.6) is 0 Å². The van der Waals surface area contributed by atoms with E-state index in [1.165, 1.54) is 5.56 Å². The van der Waals surface area contributed by atoms with Crippen LogP contribution in [0.4, 0.5) is 0 Å². The number of carbonyl (C=O) groups is 1. The van der Waals surface area contributed by atoms with E-state index in [0.29, 0.717) is 5.92 Å². The Morgan fingerprint density at radius 3 is 2.42 bits per heavy atom. The molecular weight excluding hydrogens is 236 g/mol. The molecule has 0 bridgehead atoms. The molecule has 0 aliphatic rings. The monoisotopic (exact) mass is 258 g/mol. The minimum atomic E-state index is -0.277. The largest absolute Gasteiger partial charge is 0.344 e. The number of amides is 1. The molecule has 2 unspecified atom stereocenters. The number of nitrogens with one attached hydrogen (secondary N) is 2. The molecule has 1 aromatic carbocycles. The average Bonchev–Trinajstić information content (AvgIpc) is 2.42. The van der Waals surface area contributed by atoms with E-state index in [2.05, 4.69) is 42.5 Å². The van der Waals surface area contributed by atoms with E-state index in [1.807, 2.05) is 25.1 Å². The summed E-state index contributed by atoms with van der Waals surface area (Å²) in [5.41, 5.74) is 1.19. The zero-order valence-corrected chi connectivity index (χ0v) is 11.8. The molecule has 0 aliphatic carbocycles. The van der Waals surface area contributed by atoms with Crippen LogP contribution in [-0.4, -0.2) is 18.5 Å². The lowest BCUT2D eigenvalue weighted by Crippen LogP contribution is -2.44. The van der Waals surface area contributed by atoms with Crippen LogP contribution in [0.25, 0.3) is 0 Å². The predicted molar refractivity (Wildman–Crippen MR) is 78.5 cm³/mol. The molecule has 1 rings (SSSR count). The molecule has 3 heteroatoms. The molecule has 0 aliphatic heterocycles. The second-order valence-electron chi connectivity index (χ2n) is 4.94. The van der Waals surface area contributed by atoms with Gasteiger partial charge in [0.05, 0.1) is 12.6 Å². The van der Waals surface area contributed by atoms with Gasteiger partial charge in [-0.25, -0.2) is 0 Å². The van der Waals surface area contributed by atoms with E-state index >= 15 is 0 Å². The van der Waals surface area contributed by atoms with Gasteiger partial charge in [0.2, 0.25) is 5.91 Å². The molecule has 2 N–H and O–H groups in total. The Kier molecular flexibility index (Phi) is 6.11. The van der Waals surface area contributed by atoms with Crippen LogP contribution < -0.4 is 10.6 Å². The maximum Gasteiger partial charge on any atom is 0.237 e. The molecule has 19 heavy (non-hydrogen) atoms. The van der Waals surface area contributed by atoms with Gasteiger partial charge in [-0.05, 0) is 18.4 Å². The molecule has 1 amide bonds. The molecule has 2 atom stereocenters. The molecule has 0 saturated carbocycles. The maximum absolute atomic E-state index is 11.8. The lowest BCUT2D eigenvalue weighted by Gasteiger charge is -2.26. The highest BCUT2D eigenvalue weighted by molar-refractivity contribution is 5.81. The summed E-state index contributed by atoms with van der Waals surface area (Å²) in [5, 5.41) is 6.05. The highest BCUT2D eigenvalue weighted by Crippen LogP contribution is 2.21. The SMILES string of the molecule is C#CCNC(=O)C(C)NC(c1ccccc1)C(C)C. The molecule has 0 fully saturated rings. The topological polar surface area (TPSA) is 41.1 Å². The van der Waals surface area contributed by atoms with E-state index in [4.69, 9.17) is 6.42 Å². The smallest absolute Gasteiger partial charge is 0.237 e. The first-order valence-electron chi connectivity index (χ1n) is 6.58. The summed E-state index contributed by atoms with van der Waals surface area (Å²) < 4.78 is 0. The summed E-state index contributed by atoms with van der Waals surface area (Å²) in [6, 6.07) is 10.0. The van der Waals surface area contributed by atoms with Gasteiger partial charge in [-0.2, -0.15) is 0 Å². The van der Waals surface area contributed by atoms with Crippen molar-refractivity contribution in [3.05, 3.63) is 35.9 Å². The Balaban J connectivity index is 2.70. The van der Waals surface area contributed by atoms with Crippen LogP contribution in [0.1, 0.15) is 32.4 Å². The highest BCUT2D eigenvalue weighted by atomic mass is 16.2. The lowest BCUT2D eigenvalue weighted by atomic mass is 9.95. The summed E-state index contributed by atoms with van der Waals surface area (Å²) in [6.45, 7) is 6.39. The second kappa shape index (κ2) is 7.60. The van der Waals surface area contributed by atoms with E-state index in [1.54, 1.807) is 0 Å². The standard InChI is InChI=1S/C16H22N2O/c1-5-11-17-16(19)13(4)18-15(12(2)3)14-9-7-6-8-10-14/h1,6-10,12-13,15,18H,11H2,2-4H3,(H,17,19). The van der Waals surface area contributed by atoms with Gasteiger partial charge in [0.15, 0.2) is 0 Å². The number of hydrogen-bond acceptors (Lipinski definition) is 2. The van der Waals surface area contributed by atoms with Gasteiger partial charge >= 0.3 is 0 Å². The molecule has 0 heterocycles. The van der Waals surface area contributed by atoms with Gasteiger partial charge in [0, 0.05) is 6.04 Å². The summed E-state index contributed by atoms with van der Waals surface area (Å²) in [4.78, 5) is 11.8. The third kappa shape index (κ3) is 4.76. The van der Waals surface area contributed by atoms with Gasteiger partial charge < -0.3 is 5.32 Å². The summed E-state index contributed by atoms with van der Waals surface area (Å²) in [6.07, 6.45) is 5.13. The van der Waals surface area contributed by atoms with E-state index in [9.17, 15) is 4.79 Å². The lowest BCUT2D eigenvalue weighted by molar-refractivity contribution is -0.122. The molecule has 102 valence electrons. The number of rotatable bonds is 6. The van der Waals surface area contributed by atoms with Gasteiger partial charge in [0.1, 0.15) is 0 Å². The van der Waals surface area contributed by atoms with E-state index in [0.717, 1.165) is 0 Å². The first-order valence-corrected chi connectivity index (χ1v) is 6.58. The van der Waals surface area contributed by atoms with E-state index < -0.39 is 0 Å². The number of benzene rings is 1. The fraction of sp³-hybridized carbons (Fsp3) is 0.438. The molecule has 3 nitrogen and oxygen atoms in total. The van der Waals surface area contributed by atoms with Crippen molar-refractivity contribution in [2.75, 3.05) is 6.54 Å². The predicted octanol–water partition coefficient (Wildman–Crippen LogP) is 2.11. The van der Waals surface area contributed by atoms with Crippen molar-refractivity contribution in [3.63, 3.8) is 0 Å². The van der Waals surface area contributed by atoms with Gasteiger partial charge in [-0.15, -0.1) is 6.42 Å². The van der Waals surface area contributed by atoms with Crippen LogP contribution in [-0.2, 0) is 4.79 Å². The molecule has 0 saturated heterocycles. The second-order valence-corrected chi connectivity index (χ2v) is 4.94. The fourth-order valence-corrected chi connectivity index (χ4v) is 1.97. The zero-order valence-electron chi connectivity index (χ0n) is 11.8. The minimum absolute atomic E-state index is 0.0699. The third-order valence-electron chi connectivity index (χ3n) is 3.01. The van der Waals surface area contributed by atoms with Crippen molar-refractivity contribution in [2.24, 2.45) is 5.92 Å². The summed E-state index contributed by atoms with van der Waals surface area (Å²) in [7, 11) is 0. The van der Waals surface area contributed by atoms with E-state index in [-0.39, 0.29) is 24.5 Å². The van der Waals surface area contributed by atoms with Crippen LogP contribution in [0.3, 0.4) is 0 Å². The summed E-state index contributed by atoms with van der Waals surface area (Å²) in [5.74, 6) is 2.73. The number of carbonyl (C=O) groups excluding carboxylic acids is 1. The highest BCUT2D eigenvalue weighted by Gasteiger charge is 2.21. The molecule has 0 spiro atoms. The van der Waals surface area contributed by atoms with Crippen LogP contribution in [0.2, 0.25) is 0 Å². The Hall–Kier alpha value is -1.79. The quantitative estimate of drug-likeness (QED) is 0.767. The Morgan fingerprint density at radius 1 is 1.26 bits per heavy atom. The van der Waals surface area contributed by atoms with Crippen molar-refractivity contribution in [2.45, 2.75) is 32.9 Å². The number of hydrogen-bond donors (Lipinski definition) is 2. The van der Waals surface area contributed by atoms with Crippen molar-refractivity contribution in [1.29, 1.82) is 0 Å². The van der Waals surface area contributed by atoms with Crippen LogP contribution >= 0.6 is 0 Å². The van der Waals surface area contributed by atoms with Crippen molar-refractivity contribution in [3.8, 4) is 12.3 Å². The third-order valence-corrected chi connectivity index (χ3v) is 3.01. The van der Waals surface area contributed by atoms with Crippen molar-refractivity contribution >= 4 is 5.91 Å². The minimum Gasteiger partial charge on any atom is -0.344 e. The van der Waals surface area contributed by atoms with Gasteiger partial charge in [-0.1, -0.05) is 50.1 Å². The summed E-state index contributed by atoms with van der Waals surface area (Å²) >= 11 is 0. The zero-order chi connectivity index (χ0) is 14.3.